The Bertz CT molecular complexity index is 793. The van der Waals surface area contributed by atoms with Crippen molar-refractivity contribution in [2.75, 3.05) is 6.54 Å². The minimum Gasteiger partial charge on any atom is -0.334 e. The minimum absolute atomic E-state index is 0.0131. The number of hydrogen-bond donors (Lipinski definition) is 0. The molecule has 0 N–H and O–H groups in total. The van der Waals surface area contributed by atoms with E-state index >= 15 is 0 Å². The Morgan fingerprint density at radius 2 is 2.22 bits per heavy atom. The van der Waals surface area contributed by atoms with Crippen LogP contribution in [0.5, 0.6) is 0 Å². The van der Waals surface area contributed by atoms with Gasteiger partial charge in [-0.15, -0.1) is 11.3 Å². The van der Waals surface area contributed by atoms with Gasteiger partial charge in [-0.25, -0.2) is 4.98 Å². The first kappa shape index (κ1) is 15.9. The lowest BCUT2D eigenvalue weighted by Crippen LogP contribution is -2.42. The third-order valence-electron chi connectivity index (χ3n) is 4.62. The minimum atomic E-state index is -0.132. The molecule has 5 nitrogen and oxygen atoms in total. The topological polar surface area (TPSA) is 55.2 Å². The molecule has 2 aromatic heterocycles. The Hall–Kier alpha value is -1.95. The number of nitrogens with zero attached hydrogens (tertiary/aromatic N) is 3. The molecule has 6 heteroatoms. The van der Waals surface area contributed by atoms with Gasteiger partial charge < -0.3 is 4.90 Å². The first-order valence-corrected chi connectivity index (χ1v) is 8.79. The van der Waals surface area contributed by atoms with Crippen LogP contribution in [-0.2, 0) is 17.8 Å². The van der Waals surface area contributed by atoms with E-state index in [0.717, 1.165) is 19.4 Å². The number of thiophene rings is 1. The Morgan fingerprint density at radius 3 is 2.96 bits per heavy atom. The number of carbonyl (C=O) groups excluding carboxylic acids is 1. The molecule has 1 aliphatic rings. The van der Waals surface area contributed by atoms with Crippen molar-refractivity contribution in [1.29, 1.82) is 0 Å². The molecule has 0 aliphatic carbocycles. The summed E-state index contributed by atoms with van der Waals surface area (Å²) in [6.45, 7) is 6.43. The van der Waals surface area contributed by atoms with Gasteiger partial charge in [0.2, 0.25) is 5.91 Å². The zero-order valence-electron chi connectivity index (χ0n) is 13.7. The van der Waals surface area contributed by atoms with E-state index in [1.54, 1.807) is 25.2 Å². The molecular weight excluding hydrogens is 310 g/mol. The summed E-state index contributed by atoms with van der Waals surface area (Å²) in [4.78, 5) is 32.5. The average Bonchev–Trinajstić information content (AvgIpc) is 3.03. The fraction of sp³-hybridized carbons (Fsp3) is 0.471. The van der Waals surface area contributed by atoms with Crippen LogP contribution >= 0.6 is 11.3 Å². The van der Waals surface area contributed by atoms with Gasteiger partial charge in [0, 0.05) is 22.7 Å². The van der Waals surface area contributed by atoms with Crippen molar-refractivity contribution >= 4 is 17.2 Å². The number of fused-ring (bicyclic) bond motifs is 1. The quantitative estimate of drug-likeness (QED) is 0.868. The molecule has 0 saturated heterocycles. The van der Waals surface area contributed by atoms with Crippen molar-refractivity contribution in [3.05, 3.63) is 49.8 Å². The Balaban J connectivity index is 1.84. The van der Waals surface area contributed by atoms with Gasteiger partial charge in [0.05, 0.1) is 12.4 Å². The largest absolute Gasteiger partial charge is 0.334 e. The molecule has 3 heterocycles. The third kappa shape index (κ3) is 2.83. The Kier molecular flexibility index (Phi) is 4.35. The summed E-state index contributed by atoms with van der Waals surface area (Å²) in [6, 6.07) is 2.24. The lowest BCUT2D eigenvalue weighted by Gasteiger charge is -2.35. The van der Waals surface area contributed by atoms with Gasteiger partial charge in [0.15, 0.2) is 0 Å². The molecular formula is C17H21N3O2S. The summed E-state index contributed by atoms with van der Waals surface area (Å²) in [5.74, 6) is -0.0131. The highest BCUT2D eigenvalue weighted by atomic mass is 32.1. The van der Waals surface area contributed by atoms with Gasteiger partial charge in [-0.05, 0) is 43.7 Å². The smallest absolute Gasteiger partial charge is 0.256 e. The molecule has 1 atom stereocenters. The highest BCUT2D eigenvalue weighted by Gasteiger charge is 2.30. The van der Waals surface area contributed by atoms with Gasteiger partial charge in [-0.3, -0.25) is 14.2 Å². The van der Waals surface area contributed by atoms with E-state index in [1.165, 1.54) is 21.3 Å². The second-order valence-corrected chi connectivity index (χ2v) is 6.95. The van der Waals surface area contributed by atoms with Crippen molar-refractivity contribution in [3.63, 3.8) is 0 Å². The van der Waals surface area contributed by atoms with Crippen LogP contribution in [0.3, 0.4) is 0 Å². The first-order chi connectivity index (χ1) is 11.0. The summed E-state index contributed by atoms with van der Waals surface area (Å²) in [7, 11) is 0. The molecule has 1 aliphatic heterocycles. The zero-order chi connectivity index (χ0) is 16.6. The molecule has 0 saturated carbocycles. The summed E-state index contributed by atoms with van der Waals surface area (Å²) >= 11 is 1.77. The maximum Gasteiger partial charge on any atom is 0.256 e. The summed E-state index contributed by atoms with van der Waals surface area (Å²) in [5.41, 5.74) is 2.45. The van der Waals surface area contributed by atoms with Gasteiger partial charge in [0.25, 0.3) is 5.56 Å². The van der Waals surface area contributed by atoms with Crippen LogP contribution in [0, 0.1) is 13.8 Å². The number of amides is 1. The van der Waals surface area contributed by atoms with Crippen molar-refractivity contribution in [1.82, 2.24) is 14.5 Å². The van der Waals surface area contributed by atoms with E-state index in [4.69, 9.17) is 0 Å². The van der Waals surface area contributed by atoms with Crippen LogP contribution < -0.4 is 5.56 Å². The number of rotatable bonds is 3. The third-order valence-corrected chi connectivity index (χ3v) is 5.62. The maximum atomic E-state index is 12.8. The molecule has 2 aromatic rings. The van der Waals surface area contributed by atoms with Crippen molar-refractivity contribution in [3.8, 4) is 0 Å². The van der Waals surface area contributed by atoms with Crippen LogP contribution in [-0.4, -0.2) is 26.9 Å². The van der Waals surface area contributed by atoms with E-state index in [1.807, 2.05) is 4.90 Å². The monoisotopic (exact) mass is 331 g/mol. The highest BCUT2D eigenvalue weighted by molar-refractivity contribution is 7.10. The Labute approximate surface area is 139 Å². The molecule has 0 radical (unpaired) electrons. The highest BCUT2D eigenvalue weighted by Crippen LogP contribution is 2.35. The fourth-order valence-electron chi connectivity index (χ4n) is 3.16. The van der Waals surface area contributed by atoms with Gasteiger partial charge in [0.1, 0.15) is 6.54 Å². The van der Waals surface area contributed by atoms with Crippen molar-refractivity contribution in [2.24, 2.45) is 0 Å². The lowest BCUT2D eigenvalue weighted by molar-refractivity contribution is -0.134. The van der Waals surface area contributed by atoms with Gasteiger partial charge in [-0.1, -0.05) is 6.92 Å². The van der Waals surface area contributed by atoms with Crippen LogP contribution in [0.2, 0.25) is 0 Å². The van der Waals surface area contributed by atoms with Crippen LogP contribution in [0.15, 0.2) is 22.6 Å². The first-order valence-electron chi connectivity index (χ1n) is 7.91. The number of aromatic nitrogens is 2. The van der Waals surface area contributed by atoms with Crippen LogP contribution in [0.4, 0.5) is 0 Å². The molecule has 0 bridgehead atoms. The normalized spacial score (nSPS) is 17.2. The predicted molar refractivity (Wildman–Crippen MR) is 90.7 cm³/mol. The number of aryl methyl sites for hydroxylation is 1. The number of carbonyl (C=O) groups is 1. The Morgan fingerprint density at radius 1 is 1.43 bits per heavy atom. The van der Waals surface area contributed by atoms with E-state index in [0.29, 0.717) is 11.3 Å². The SMILES string of the molecule is CC[C@H]1c2ccsc2CCN1C(=O)Cn1cnc(C)c(C)c1=O. The summed E-state index contributed by atoms with van der Waals surface area (Å²) in [5, 5.41) is 2.10. The molecule has 0 spiro atoms. The second-order valence-electron chi connectivity index (χ2n) is 5.95. The predicted octanol–water partition coefficient (Wildman–Crippen LogP) is 2.46. The van der Waals surface area contributed by atoms with E-state index in [2.05, 4.69) is 23.4 Å². The standard InChI is InChI=1S/C17H21N3O2S/c1-4-14-13-6-8-23-15(13)5-7-20(14)16(21)9-19-10-18-12(3)11(2)17(19)22/h6,8,10,14H,4-5,7,9H2,1-3H3/t14-/m0/s1. The molecule has 122 valence electrons. The molecule has 1 amide bonds. The molecule has 0 unspecified atom stereocenters. The molecule has 3 rings (SSSR count). The van der Waals surface area contributed by atoms with E-state index < -0.39 is 0 Å². The fourth-order valence-corrected chi connectivity index (χ4v) is 4.09. The van der Waals surface area contributed by atoms with Crippen LogP contribution in [0.1, 0.15) is 41.1 Å². The second kappa shape index (κ2) is 6.28. The lowest BCUT2D eigenvalue weighted by atomic mass is 9.98. The van der Waals surface area contributed by atoms with Crippen molar-refractivity contribution in [2.45, 2.75) is 46.2 Å². The molecule has 23 heavy (non-hydrogen) atoms. The van der Waals surface area contributed by atoms with Crippen LogP contribution in [0.25, 0.3) is 0 Å². The van der Waals surface area contributed by atoms with E-state index in [-0.39, 0.29) is 24.1 Å². The maximum absolute atomic E-state index is 12.8. The average molecular weight is 331 g/mol. The number of hydrogen-bond acceptors (Lipinski definition) is 4. The van der Waals surface area contributed by atoms with Gasteiger partial charge in [-0.2, -0.15) is 0 Å². The summed E-state index contributed by atoms with van der Waals surface area (Å²) in [6.07, 6.45) is 3.26. The molecule has 0 aromatic carbocycles. The van der Waals surface area contributed by atoms with Gasteiger partial charge >= 0.3 is 0 Å². The zero-order valence-corrected chi connectivity index (χ0v) is 14.5. The molecule has 0 fully saturated rings. The van der Waals surface area contributed by atoms with Crippen molar-refractivity contribution < 1.29 is 4.79 Å². The van der Waals surface area contributed by atoms with E-state index in [9.17, 15) is 9.59 Å². The summed E-state index contributed by atoms with van der Waals surface area (Å²) < 4.78 is 1.42.